The van der Waals surface area contributed by atoms with Crippen LogP contribution in [0.25, 0.3) is 0 Å². The summed E-state index contributed by atoms with van der Waals surface area (Å²) in [4.78, 5) is 0. The number of rotatable bonds is 1. The van der Waals surface area contributed by atoms with Crippen LogP contribution in [-0.2, 0) is 0 Å². The van der Waals surface area contributed by atoms with Crippen molar-refractivity contribution >= 4 is 50.1 Å². The summed E-state index contributed by atoms with van der Waals surface area (Å²) >= 11 is 6.60. The molecule has 0 aliphatic heterocycles. The highest BCUT2D eigenvalue weighted by Crippen LogP contribution is 2.19. The molecule has 2 nitrogen and oxygen atoms in total. The molecule has 0 aromatic heterocycles. The second-order valence-electron chi connectivity index (χ2n) is 2.07. The molecule has 0 unspecified atom stereocenters. The molecule has 0 aliphatic rings. The maximum absolute atomic E-state index is 7.16. The monoisotopic (exact) mass is 312 g/mol. The Hall–Kier alpha value is -0.0600. The summed E-state index contributed by atoms with van der Waals surface area (Å²) in [5.74, 6) is 0.0759. The van der Waals surface area contributed by atoms with Crippen LogP contribution < -0.4 is 5.73 Å². The minimum absolute atomic E-state index is 0. The summed E-state index contributed by atoms with van der Waals surface area (Å²) < 4.78 is 1.83. The second-order valence-corrected chi connectivity index (χ2v) is 3.90. The summed E-state index contributed by atoms with van der Waals surface area (Å²) in [5.41, 5.74) is 6.01. The van der Waals surface area contributed by atoms with Gasteiger partial charge < -0.3 is 5.73 Å². The number of halogens is 3. The van der Waals surface area contributed by atoms with E-state index in [1.807, 2.05) is 6.07 Å². The minimum Gasteiger partial charge on any atom is -0.384 e. The van der Waals surface area contributed by atoms with Crippen LogP contribution in [0.15, 0.2) is 27.1 Å². The van der Waals surface area contributed by atoms with E-state index in [2.05, 4.69) is 31.9 Å². The molecule has 0 spiro atoms. The Balaban J connectivity index is 0.00000121. The Morgan fingerprint density at radius 1 is 1.17 bits per heavy atom. The van der Waals surface area contributed by atoms with E-state index in [0.717, 1.165) is 8.95 Å². The molecule has 1 aromatic carbocycles. The van der Waals surface area contributed by atoms with Crippen LogP contribution in [0.1, 0.15) is 5.56 Å². The molecule has 66 valence electrons. The zero-order valence-electron chi connectivity index (χ0n) is 5.97. The lowest BCUT2D eigenvalue weighted by atomic mass is 10.2. The van der Waals surface area contributed by atoms with Crippen molar-refractivity contribution in [1.29, 1.82) is 5.41 Å². The SMILES string of the molecule is Cl.N=C(N)c1cc(Br)cc(Br)c1. The van der Waals surface area contributed by atoms with Crippen molar-refractivity contribution in [2.24, 2.45) is 5.73 Å². The minimum atomic E-state index is 0. The van der Waals surface area contributed by atoms with Gasteiger partial charge in [-0.1, -0.05) is 31.9 Å². The summed E-state index contributed by atoms with van der Waals surface area (Å²) in [6.45, 7) is 0. The summed E-state index contributed by atoms with van der Waals surface area (Å²) in [7, 11) is 0. The van der Waals surface area contributed by atoms with Gasteiger partial charge in [0, 0.05) is 14.5 Å². The van der Waals surface area contributed by atoms with Crippen molar-refractivity contribution in [3.05, 3.63) is 32.7 Å². The van der Waals surface area contributed by atoms with Gasteiger partial charge >= 0.3 is 0 Å². The molecule has 0 atom stereocenters. The van der Waals surface area contributed by atoms with Gasteiger partial charge in [0.1, 0.15) is 5.84 Å². The van der Waals surface area contributed by atoms with Gasteiger partial charge in [-0.05, 0) is 18.2 Å². The molecular weight excluding hydrogens is 307 g/mol. The number of nitrogens with one attached hydrogen (secondary N) is 1. The molecule has 0 heterocycles. The van der Waals surface area contributed by atoms with Gasteiger partial charge in [-0.3, -0.25) is 5.41 Å². The number of hydrogen-bond acceptors (Lipinski definition) is 1. The predicted octanol–water partition coefficient (Wildman–Crippen LogP) is 2.92. The van der Waals surface area contributed by atoms with E-state index in [1.54, 1.807) is 12.1 Å². The zero-order valence-corrected chi connectivity index (χ0v) is 9.96. The van der Waals surface area contributed by atoms with Gasteiger partial charge in [-0.15, -0.1) is 12.4 Å². The van der Waals surface area contributed by atoms with Crippen LogP contribution in [0, 0.1) is 5.41 Å². The van der Waals surface area contributed by atoms with Crippen molar-refractivity contribution in [3.63, 3.8) is 0 Å². The third kappa shape index (κ3) is 3.13. The van der Waals surface area contributed by atoms with Gasteiger partial charge in [-0.25, -0.2) is 0 Å². The molecule has 1 aromatic rings. The lowest BCUT2D eigenvalue weighted by Crippen LogP contribution is -2.10. The van der Waals surface area contributed by atoms with Gasteiger partial charge in [-0.2, -0.15) is 0 Å². The molecule has 0 saturated carbocycles. The number of benzene rings is 1. The van der Waals surface area contributed by atoms with E-state index in [1.165, 1.54) is 0 Å². The van der Waals surface area contributed by atoms with Crippen molar-refractivity contribution in [2.75, 3.05) is 0 Å². The predicted molar refractivity (Wildman–Crippen MR) is 60.1 cm³/mol. The first kappa shape index (κ1) is 11.9. The van der Waals surface area contributed by atoms with Crippen molar-refractivity contribution in [2.45, 2.75) is 0 Å². The molecule has 5 heteroatoms. The highest BCUT2D eigenvalue weighted by molar-refractivity contribution is 9.11. The van der Waals surface area contributed by atoms with Crippen LogP contribution in [0.5, 0.6) is 0 Å². The van der Waals surface area contributed by atoms with Gasteiger partial charge in [0.2, 0.25) is 0 Å². The smallest absolute Gasteiger partial charge is 0.122 e. The fourth-order valence-corrected chi connectivity index (χ4v) is 2.00. The Morgan fingerprint density at radius 2 is 1.58 bits per heavy atom. The third-order valence-corrected chi connectivity index (χ3v) is 2.09. The highest BCUT2D eigenvalue weighted by Gasteiger charge is 1.98. The highest BCUT2D eigenvalue weighted by atomic mass is 79.9. The van der Waals surface area contributed by atoms with E-state index >= 15 is 0 Å². The molecule has 12 heavy (non-hydrogen) atoms. The largest absolute Gasteiger partial charge is 0.384 e. The number of nitrogens with two attached hydrogens (primary N) is 1. The van der Waals surface area contributed by atoms with E-state index < -0.39 is 0 Å². The second kappa shape index (κ2) is 4.84. The Labute approximate surface area is 93.7 Å². The first-order valence-corrected chi connectivity index (χ1v) is 4.48. The normalized spacial score (nSPS) is 8.83. The molecule has 1 rings (SSSR count). The maximum Gasteiger partial charge on any atom is 0.122 e. The molecular formula is C7H7Br2ClN2. The van der Waals surface area contributed by atoms with Crippen LogP contribution in [0.3, 0.4) is 0 Å². The zero-order chi connectivity index (χ0) is 8.43. The van der Waals surface area contributed by atoms with Crippen LogP contribution in [0.4, 0.5) is 0 Å². The molecule has 0 saturated heterocycles. The summed E-state index contributed by atoms with van der Waals surface area (Å²) in [6.07, 6.45) is 0. The molecule has 0 amide bonds. The quantitative estimate of drug-likeness (QED) is 0.608. The topological polar surface area (TPSA) is 49.9 Å². The number of amidine groups is 1. The Kier molecular flexibility index (Phi) is 4.82. The third-order valence-electron chi connectivity index (χ3n) is 1.17. The van der Waals surface area contributed by atoms with Crippen LogP contribution in [0.2, 0.25) is 0 Å². The Morgan fingerprint density at radius 3 is 1.92 bits per heavy atom. The molecule has 0 bridgehead atoms. The first-order valence-electron chi connectivity index (χ1n) is 2.90. The lowest BCUT2D eigenvalue weighted by molar-refractivity contribution is 1.41. The fourth-order valence-electron chi connectivity index (χ4n) is 0.709. The van der Waals surface area contributed by atoms with E-state index in [-0.39, 0.29) is 18.2 Å². The molecule has 0 fully saturated rings. The van der Waals surface area contributed by atoms with E-state index in [4.69, 9.17) is 11.1 Å². The molecule has 0 aliphatic carbocycles. The first-order chi connectivity index (χ1) is 5.09. The number of nitrogen functional groups attached to an aromatic ring is 1. The maximum atomic E-state index is 7.16. The average molecular weight is 314 g/mol. The van der Waals surface area contributed by atoms with Gasteiger partial charge in [0.25, 0.3) is 0 Å². The van der Waals surface area contributed by atoms with Gasteiger partial charge in [0.15, 0.2) is 0 Å². The average Bonchev–Trinajstić information content (AvgIpc) is 1.85. The van der Waals surface area contributed by atoms with E-state index in [0.29, 0.717) is 5.56 Å². The van der Waals surface area contributed by atoms with Crippen molar-refractivity contribution in [3.8, 4) is 0 Å². The van der Waals surface area contributed by atoms with Crippen LogP contribution in [-0.4, -0.2) is 5.84 Å². The van der Waals surface area contributed by atoms with Crippen molar-refractivity contribution in [1.82, 2.24) is 0 Å². The lowest BCUT2D eigenvalue weighted by Gasteiger charge is -1.99. The van der Waals surface area contributed by atoms with Crippen molar-refractivity contribution < 1.29 is 0 Å². The molecule has 3 N–H and O–H groups in total. The number of hydrogen-bond donors (Lipinski definition) is 2. The fraction of sp³-hybridized carbons (Fsp3) is 0. The standard InChI is InChI=1S/C7H6Br2N2.ClH/c8-5-1-4(7(10)11)2-6(9)3-5;/h1-3H,(H3,10,11);1H. The van der Waals surface area contributed by atoms with E-state index in [9.17, 15) is 0 Å². The Bertz CT molecular complexity index is 281. The molecule has 0 radical (unpaired) electrons. The summed E-state index contributed by atoms with van der Waals surface area (Å²) in [6, 6.07) is 5.49. The summed E-state index contributed by atoms with van der Waals surface area (Å²) in [5, 5.41) is 7.16. The van der Waals surface area contributed by atoms with Gasteiger partial charge in [0.05, 0.1) is 0 Å². The van der Waals surface area contributed by atoms with Crippen LogP contribution >= 0.6 is 44.3 Å².